The molecule has 0 aliphatic carbocycles. The zero-order chi connectivity index (χ0) is 8.55. The summed E-state index contributed by atoms with van der Waals surface area (Å²) < 4.78 is 0. The summed E-state index contributed by atoms with van der Waals surface area (Å²) in [5, 5.41) is 4.09. The molecule has 0 aliphatic rings. The number of rotatable bonds is 1. The Morgan fingerprint density at radius 1 is 1.58 bits per heavy atom. The highest BCUT2D eigenvalue weighted by Crippen LogP contribution is 2.23. The zero-order valence-corrected chi connectivity index (χ0v) is 7.48. The van der Waals surface area contributed by atoms with Gasteiger partial charge in [0, 0.05) is 16.6 Å². The van der Waals surface area contributed by atoms with Crippen LogP contribution in [0, 0.1) is 6.92 Å². The van der Waals surface area contributed by atoms with Crippen molar-refractivity contribution in [2.24, 2.45) is 0 Å². The second-order valence-electron chi connectivity index (χ2n) is 2.61. The molecule has 0 aliphatic heterocycles. The summed E-state index contributed by atoms with van der Waals surface area (Å²) in [6.45, 7) is 1.97. The first-order valence-corrected chi connectivity index (χ1v) is 4.56. The summed E-state index contributed by atoms with van der Waals surface area (Å²) in [6, 6.07) is 2.04. The van der Waals surface area contributed by atoms with Gasteiger partial charge in [0.1, 0.15) is 0 Å². The van der Waals surface area contributed by atoms with Gasteiger partial charge in [0.2, 0.25) is 0 Å². The van der Waals surface area contributed by atoms with Crippen molar-refractivity contribution >= 4 is 17.3 Å². The van der Waals surface area contributed by atoms with Crippen LogP contribution in [0.3, 0.4) is 0 Å². The molecule has 0 radical (unpaired) electrons. The third kappa shape index (κ3) is 1.10. The van der Waals surface area contributed by atoms with Gasteiger partial charge in [0.15, 0.2) is 5.95 Å². The number of aromatic nitrogens is 2. The van der Waals surface area contributed by atoms with Crippen molar-refractivity contribution < 1.29 is 0 Å². The van der Waals surface area contributed by atoms with Crippen molar-refractivity contribution in [3.05, 3.63) is 22.5 Å². The number of anilines is 1. The highest BCUT2D eigenvalue weighted by atomic mass is 32.1. The van der Waals surface area contributed by atoms with E-state index in [4.69, 9.17) is 5.73 Å². The lowest BCUT2D eigenvalue weighted by atomic mass is 10.2. The monoisotopic (exact) mass is 179 g/mol. The van der Waals surface area contributed by atoms with E-state index in [2.05, 4.69) is 15.3 Å². The number of nitrogens with two attached hydrogens (primary N) is 1. The van der Waals surface area contributed by atoms with Gasteiger partial charge < -0.3 is 10.7 Å². The molecule has 0 fully saturated rings. The number of nitrogens with one attached hydrogen (secondary N) is 1. The van der Waals surface area contributed by atoms with Gasteiger partial charge in [-0.05, 0) is 18.4 Å². The fourth-order valence-electron chi connectivity index (χ4n) is 1.16. The van der Waals surface area contributed by atoms with Crippen molar-refractivity contribution in [1.82, 2.24) is 9.97 Å². The maximum Gasteiger partial charge on any atom is 0.198 e. The van der Waals surface area contributed by atoms with Gasteiger partial charge in [0.05, 0.1) is 5.69 Å². The van der Waals surface area contributed by atoms with Crippen LogP contribution in [0.2, 0.25) is 0 Å². The van der Waals surface area contributed by atoms with Crippen molar-refractivity contribution in [2.45, 2.75) is 6.92 Å². The van der Waals surface area contributed by atoms with Crippen LogP contribution in [0.25, 0.3) is 11.3 Å². The second kappa shape index (κ2) is 2.64. The van der Waals surface area contributed by atoms with Crippen LogP contribution in [0.5, 0.6) is 0 Å². The maximum atomic E-state index is 5.52. The Balaban J connectivity index is 2.54. The smallest absolute Gasteiger partial charge is 0.198 e. The second-order valence-corrected chi connectivity index (χ2v) is 3.39. The minimum absolute atomic E-state index is 0.480. The topological polar surface area (TPSA) is 54.7 Å². The first kappa shape index (κ1) is 7.36. The fourth-order valence-corrected chi connectivity index (χ4v) is 1.80. The molecule has 62 valence electrons. The number of thiophene rings is 1. The minimum Gasteiger partial charge on any atom is -0.369 e. The van der Waals surface area contributed by atoms with Crippen molar-refractivity contribution in [3.63, 3.8) is 0 Å². The Bertz CT molecular complexity index is 375. The van der Waals surface area contributed by atoms with Crippen LogP contribution in [0.1, 0.15) is 5.69 Å². The minimum atomic E-state index is 0.480. The number of nitrogens with zero attached hydrogens (tertiary/aromatic N) is 1. The van der Waals surface area contributed by atoms with Gasteiger partial charge in [-0.3, -0.25) is 0 Å². The number of aromatic amines is 1. The fraction of sp³-hybridized carbons (Fsp3) is 0.125. The Morgan fingerprint density at radius 3 is 2.92 bits per heavy atom. The highest BCUT2D eigenvalue weighted by Gasteiger charge is 2.06. The summed E-state index contributed by atoms with van der Waals surface area (Å²) >= 11 is 1.66. The first-order chi connectivity index (χ1) is 5.77. The lowest BCUT2D eigenvalue weighted by molar-refractivity contribution is 1.26. The maximum absolute atomic E-state index is 5.52. The van der Waals surface area contributed by atoms with Gasteiger partial charge >= 0.3 is 0 Å². The third-order valence-electron chi connectivity index (χ3n) is 1.70. The Labute approximate surface area is 74.3 Å². The Kier molecular flexibility index (Phi) is 1.62. The van der Waals surface area contributed by atoms with Crippen LogP contribution >= 0.6 is 11.3 Å². The molecule has 3 nitrogen and oxygen atoms in total. The van der Waals surface area contributed by atoms with E-state index in [1.165, 1.54) is 0 Å². The normalized spacial score (nSPS) is 10.4. The average molecular weight is 179 g/mol. The SMILES string of the molecule is Cc1[nH]c(N)nc1-c1ccsc1. The van der Waals surface area contributed by atoms with E-state index in [0.29, 0.717) is 5.95 Å². The average Bonchev–Trinajstić information content (AvgIpc) is 2.58. The van der Waals surface area contributed by atoms with E-state index >= 15 is 0 Å². The van der Waals surface area contributed by atoms with E-state index in [1.54, 1.807) is 11.3 Å². The van der Waals surface area contributed by atoms with E-state index in [9.17, 15) is 0 Å². The standard InChI is InChI=1S/C8H9N3S/c1-5-7(11-8(9)10-5)6-2-3-12-4-6/h2-4H,1H3,(H3,9,10,11). The lowest BCUT2D eigenvalue weighted by Gasteiger charge is -1.90. The van der Waals surface area contributed by atoms with Crippen molar-refractivity contribution in [2.75, 3.05) is 5.73 Å². The number of hydrogen-bond donors (Lipinski definition) is 2. The molecular formula is C8H9N3S. The van der Waals surface area contributed by atoms with Gasteiger partial charge in [-0.2, -0.15) is 11.3 Å². The Hall–Kier alpha value is -1.29. The van der Waals surface area contributed by atoms with E-state index in [1.807, 2.05) is 18.4 Å². The predicted molar refractivity (Wildman–Crippen MR) is 51.1 cm³/mol. The molecule has 2 heterocycles. The van der Waals surface area contributed by atoms with Gasteiger partial charge in [0.25, 0.3) is 0 Å². The van der Waals surface area contributed by atoms with Crippen LogP contribution in [0.15, 0.2) is 16.8 Å². The summed E-state index contributed by atoms with van der Waals surface area (Å²) in [4.78, 5) is 7.15. The number of aryl methyl sites for hydroxylation is 1. The third-order valence-corrected chi connectivity index (χ3v) is 2.38. The van der Waals surface area contributed by atoms with Crippen LogP contribution in [-0.4, -0.2) is 9.97 Å². The molecule has 0 amide bonds. The summed E-state index contributed by atoms with van der Waals surface area (Å²) in [5.41, 5.74) is 8.62. The van der Waals surface area contributed by atoms with Crippen LogP contribution in [0.4, 0.5) is 5.95 Å². The molecule has 2 aromatic rings. The largest absolute Gasteiger partial charge is 0.369 e. The van der Waals surface area contributed by atoms with E-state index in [0.717, 1.165) is 17.0 Å². The first-order valence-electron chi connectivity index (χ1n) is 3.62. The molecule has 0 saturated carbocycles. The zero-order valence-electron chi connectivity index (χ0n) is 6.66. The van der Waals surface area contributed by atoms with Crippen LogP contribution < -0.4 is 5.73 Å². The number of H-pyrrole nitrogens is 1. The van der Waals surface area contributed by atoms with Gasteiger partial charge in [-0.1, -0.05) is 0 Å². The summed E-state index contributed by atoms with van der Waals surface area (Å²) in [7, 11) is 0. The molecule has 12 heavy (non-hydrogen) atoms. The molecule has 2 aromatic heterocycles. The molecular weight excluding hydrogens is 170 g/mol. The number of nitrogen functional groups attached to an aromatic ring is 1. The van der Waals surface area contributed by atoms with Gasteiger partial charge in [-0.25, -0.2) is 4.98 Å². The molecule has 4 heteroatoms. The summed E-state index contributed by atoms with van der Waals surface area (Å²) in [6.07, 6.45) is 0. The van der Waals surface area contributed by atoms with E-state index in [-0.39, 0.29) is 0 Å². The number of imidazole rings is 1. The molecule has 2 rings (SSSR count). The molecule has 0 bridgehead atoms. The highest BCUT2D eigenvalue weighted by molar-refractivity contribution is 7.08. The molecule has 0 spiro atoms. The Morgan fingerprint density at radius 2 is 2.42 bits per heavy atom. The molecule has 0 saturated heterocycles. The number of hydrogen-bond acceptors (Lipinski definition) is 3. The summed E-state index contributed by atoms with van der Waals surface area (Å²) in [5.74, 6) is 0.480. The predicted octanol–water partition coefficient (Wildman–Crippen LogP) is 2.03. The van der Waals surface area contributed by atoms with Crippen molar-refractivity contribution in [1.29, 1.82) is 0 Å². The van der Waals surface area contributed by atoms with Crippen LogP contribution in [-0.2, 0) is 0 Å². The lowest BCUT2D eigenvalue weighted by Crippen LogP contribution is -1.85. The molecule has 3 N–H and O–H groups in total. The molecule has 0 aromatic carbocycles. The van der Waals surface area contributed by atoms with Crippen molar-refractivity contribution in [3.8, 4) is 11.3 Å². The van der Waals surface area contributed by atoms with E-state index < -0.39 is 0 Å². The molecule has 0 atom stereocenters. The quantitative estimate of drug-likeness (QED) is 0.703. The molecule has 0 unspecified atom stereocenters. The van der Waals surface area contributed by atoms with Gasteiger partial charge in [-0.15, -0.1) is 0 Å².